The van der Waals surface area contributed by atoms with Gasteiger partial charge in [-0.05, 0) is 27.0 Å². The molecule has 1 heterocycles. The Morgan fingerprint density at radius 3 is 2.50 bits per heavy atom. The van der Waals surface area contributed by atoms with Crippen LogP contribution in [0.4, 0.5) is 0 Å². The molecule has 78 valence electrons. The first kappa shape index (κ1) is 11.1. The van der Waals surface area contributed by atoms with Crippen molar-refractivity contribution in [3.8, 4) is 0 Å². The second kappa shape index (κ2) is 4.01. The van der Waals surface area contributed by atoms with Crippen molar-refractivity contribution < 1.29 is 4.74 Å². The van der Waals surface area contributed by atoms with Crippen LogP contribution in [-0.4, -0.2) is 30.6 Å². The largest absolute Gasteiger partial charge is 0.486 e. The van der Waals surface area contributed by atoms with E-state index >= 15 is 0 Å². The zero-order valence-electron chi connectivity index (χ0n) is 9.34. The highest BCUT2D eigenvalue weighted by Crippen LogP contribution is 2.24. The first-order valence-corrected chi connectivity index (χ1v) is 4.84. The van der Waals surface area contributed by atoms with Crippen LogP contribution in [0.3, 0.4) is 0 Å². The topological polar surface area (TPSA) is 12.5 Å². The van der Waals surface area contributed by atoms with Crippen molar-refractivity contribution in [2.45, 2.75) is 19.4 Å². The molecule has 1 aliphatic heterocycles. The average Bonchev–Trinajstić information content (AvgIpc) is 2.20. The van der Waals surface area contributed by atoms with Crippen molar-refractivity contribution in [1.29, 1.82) is 0 Å². The number of allylic oxidation sites excluding steroid dienone is 1. The molecule has 2 nitrogen and oxygen atoms in total. The van der Waals surface area contributed by atoms with Gasteiger partial charge < -0.3 is 4.74 Å². The Hall–Kier alpha value is -1.02. The van der Waals surface area contributed by atoms with Crippen molar-refractivity contribution >= 4 is 0 Å². The lowest BCUT2D eigenvalue weighted by Gasteiger charge is -2.27. The molecule has 0 atom stereocenters. The molecule has 0 fully saturated rings. The molecule has 0 saturated carbocycles. The predicted molar refractivity (Wildman–Crippen MR) is 60.1 cm³/mol. The van der Waals surface area contributed by atoms with Gasteiger partial charge in [0.2, 0.25) is 0 Å². The lowest BCUT2D eigenvalue weighted by molar-refractivity contribution is 0.0262. The van der Waals surface area contributed by atoms with Gasteiger partial charge in [-0.2, -0.15) is 0 Å². The molecule has 0 unspecified atom stereocenters. The average molecular weight is 193 g/mol. The maximum absolute atomic E-state index is 5.87. The van der Waals surface area contributed by atoms with Crippen LogP contribution in [0.1, 0.15) is 13.8 Å². The van der Waals surface area contributed by atoms with Crippen molar-refractivity contribution in [1.82, 2.24) is 4.90 Å². The fourth-order valence-electron chi connectivity index (χ4n) is 1.81. The van der Waals surface area contributed by atoms with E-state index in [0.717, 1.165) is 24.4 Å². The van der Waals surface area contributed by atoms with E-state index in [1.165, 1.54) is 0 Å². The minimum absolute atomic E-state index is 0.164. The Morgan fingerprint density at radius 1 is 1.36 bits per heavy atom. The van der Waals surface area contributed by atoms with Gasteiger partial charge in [0.05, 0.1) is 0 Å². The fraction of sp³-hybridized carbons (Fsp3) is 0.500. The van der Waals surface area contributed by atoms with E-state index in [9.17, 15) is 0 Å². The summed E-state index contributed by atoms with van der Waals surface area (Å²) in [5.74, 6) is 0.856. The first-order valence-electron chi connectivity index (χ1n) is 4.84. The molecule has 0 aromatic carbocycles. The highest BCUT2D eigenvalue weighted by Gasteiger charge is 2.26. The van der Waals surface area contributed by atoms with Crippen LogP contribution in [0.5, 0.6) is 0 Å². The smallest absolute Gasteiger partial charge is 0.124 e. The molecule has 1 rings (SSSR count). The molecular formula is C12H19NO. The molecule has 0 radical (unpaired) electrons. The van der Waals surface area contributed by atoms with E-state index in [0.29, 0.717) is 0 Å². The number of hydrogen-bond acceptors (Lipinski definition) is 2. The van der Waals surface area contributed by atoms with Crippen molar-refractivity contribution in [3.05, 3.63) is 36.6 Å². The Labute approximate surface area is 86.6 Å². The summed E-state index contributed by atoms with van der Waals surface area (Å²) in [7, 11) is 2.08. The molecular weight excluding hydrogens is 174 g/mol. The maximum atomic E-state index is 5.87. The van der Waals surface area contributed by atoms with Crippen LogP contribution < -0.4 is 0 Å². The summed E-state index contributed by atoms with van der Waals surface area (Å²) in [5.41, 5.74) is 0.941. The van der Waals surface area contributed by atoms with Crippen LogP contribution >= 0.6 is 0 Å². The zero-order chi connectivity index (χ0) is 10.8. The molecule has 0 spiro atoms. The van der Waals surface area contributed by atoms with Crippen LogP contribution in [0, 0.1) is 0 Å². The summed E-state index contributed by atoms with van der Waals surface area (Å²) in [5, 5.41) is 0. The van der Waals surface area contributed by atoms with Gasteiger partial charge in [-0.15, -0.1) is 0 Å². The Balaban J connectivity index is 3.03. The van der Waals surface area contributed by atoms with Gasteiger partial charge in [-0.25, -0.2) is 0 Å². The van der Waals surface area contributed by atoms with Crippen LogP contribution in [0.15, 0.2) is 36.6 Å². The molecule has 0 N–H and O–H groups in total. The second-order valence-electron chi connectivity index (χ2n) is 4.33. The molecule has 2 heteroatoms. The molecule has 0 bridgehead atoms. The summed E-state index contributed by atoms with van der Waals surface area (Å²) >= 11 is 0. The molecule has 1 aliphatic rings. The third kappa shape index (κ3) is 2.48. The number of likely N-dealkylation sites (N-methyl/N-ethyl adjacent to an activating group) is 1. The summed E-state index contributed by atoms with van der Waals surface area (Å²) in [4.78, 5) is 2.23. The van der Waals surface area contributed by atoms with Crippen LogP contribution in [0.2, 0.25) is 0 Å². The molecule has 14 heavy (non-hydrogen) atoms. The van der Waals surface area contributed by atoms with Crippen LogP contribution in [0.25, 0.3) is 0 Å². The Morgan fingerprint density at radius 2 is 2.00 bits per heavy atom. The Bertz CT molecular complexity index is 276. The predicted octanol–water partition coefficient (Wildman–Crippen LogP) is 2.35. The molecule has 0 saturated heterocycles. The van der Waals surface area contributed by atoms with Gasteiger partial charge in [0.25, 0.3) is 0 Å². The summed E-state index contributed by atoms with van der Waals surface area (Å²) < 4.78 is 5.87. The minimum atomic E-state index is -0.164. The summed E-state index contributed by atoms with van der Waals surface area (Å²) in [6.45, 7) is 13.5. The maximum Gasteiger partial charge on any atom is 0.124 e. The summed E-state index contributed by atoms with van der Waals surface area (Å²) in [6.07, 6.45) is 3.60. The SMILES string of the molecule is C=CC1=C(C=C)OC(C)(C)CN(C)C1. The number of rotatable bonds is 2. The van der Waals surface area contributed by atoms with E-state index in [1.54, 1.807) is 6.08 Å². The monoisotopic (exact) mass is 193 g/mol. The zero-order valence-corrected chi connectivity index (χ0v) is 9.34. The second-order valence-corrected chi connectivity index (χ2v) is 4.33. The van der Waals surface area contributed by atoms with Gasteiger partial charge in [0, 0.05) is 18.7 Å². The van der Waals surface area contributed by atoms with Gasteiger partial charge in [-0.3, -0.25) is 4.90 Å². The van der Waals surface area contributed by atoms with E-state index in [1.807, 2.05) is 6.08 Å². The van der Waals surface area contributed by atoms with E-state index in [-0.39, 0.29) is 5.60 Å². The highest BCUT2D eigenvalue weighted by molar-refractivity contribution is 5.29. The fourth-order valence-corrected chi connectivity index (χ4v) is 1.81. The quantitative estimate of drug-likeness (QED) is 0.667. The number of hydrogen-bond donors (Lipinski definition) is 0. The number of nitrogens with zero attached hydrogens (tertiary/aromatic N) is 1. The number of ether oxygens (including phenoxy) is 1. The van der Waals surface area contributed by atoms with Crippen molar-refractivity contribution in [2.75, 3.05) is 20.1 Å². The van der Waals surface area contributed by atoms with Crippen LogP contribution in [-0.2, 0) is 4.74 Å². The minimum Gasteiger partial charge on any atom is -0.486 e. The lowest BCUT2D eigenvalue weighted by Crippen LogP contribution is -2.36. The van der Waals surface area contributed by atoms with Gasteiger partial charge in [0.1, 0.15) is 11.4 Å². The standard InChI is InChI=1S/C12H19NO/c1-6-10-8-13(5)9-12(3,4)14-11(10)7-2/h6-7H,1-2,8-9H2,3-5H3. The molecule has 0 aromatic rings. The van der Waals surface area contributed by atoms with Crippen molar-refractivity contribution in [2.24, 2.45) is 0 Å². The van der Waals surface area contributed by atoms with Gasteiger partial charge >= 0.3 is 0 Å². The van der Waals surface area contributed by atoms with Gasteiger partial charge in [-0.1, -0.05) is 19.2 Å². The molecule has 0 aliphatic carbocycles. The van der Waals surface area contributed by atoms with E-state index in [2.05, 4.69) is 39.0 Å². The highest BCUT2D eigenvalue weighted by atomic mass is 16.5. The molecule has 0 aromatic heterocycles. The van der Waals surface area contributed by atoms with E-state index in [4.69, 9.17) is 4.74 Å². The van der Waals surface area contributed by atoms with E-state index < -0.39 is 0 Å². The third-order valence-electron chi connectivity index (χ3n) is 2.23. The summed E-state index contributed by atoms with van der Waals surface area (Å²) in [6, 6.07) is 0. The van der Waals surface area contributed by atoms with Crippen molar-refractivity contribution in [3.63, 3.8) is 0 Å². The molecule has 0 amide bonds. The lowest BCUT2D eigenvalue weighted by atomic mass is 10.1. The van der Waals surface area contributed by atoms with Gasteiger partial charge in [0.15, 0.2) is 0 Å². The Kier molecular flexibility index (Phi) is 3.17. The third-order valence-corrected chi connectivity index (χ3v) is 2.23. The first-order chi connectivity index (χ1) is 6.48. The normalized spacial score (nSPS) is 22.5.